The van der Waals surface area contributed by atoms with E-state index in [1.807, 2.05) is 12.1 Å². The summed E-state index contributed by atoms with van der Waals surface area (Å²) in [6.07, 6.45) is 4.16. The molecule has 5 nitrogen and oxygen atoms in total. The van der Waals surface area contributed by atoms with Gasteiger partial charge < -0.3 is 20.1 Å². The van der Waals surface area contributed by atoms with Gasteiger partial charge in [-0.2, -0.15) is 0 Å². The van der Waals surface area contributed by atoms with Crippen LogP contribution in [-0.4, -0.2) is 19.1 Å². The van der Waals surface area contributed by atoms with Gasteiger partial charge in [-0.1, -0.05) is 25.0 Å². The van der Waals surface area contributed by atoms with Crippen molar-refractivity contribution in [1.29, 1.82) is 0 Å². The van der Waals surface area contributed by atoms with Crippen LogP contribution in [0.3, 0.4) is 0 Å². The standard InChI is InChI=1S/C21H26N2O3S/c24-20(16-5-1-2-6-16)23-17-7-3-4-15(12-17)13-22-14-19-18(8-11-27-19)21-25-9-10-26-21/h3-4,7-8,11-12,16,21-22H,1-2,5-6,9-10,13-14H2,(H,23,24). The van der Waals surface area contributed by atoms with Gasteiger partial charge in [0.25, 0.3) is 0 Å². The van der Waals surface area contributed by atoms with Crippen molar-refractivity contribution in [2.75, 3.05) is 18.5 Å². The van der Waals surface area contributed by atoms with Crippen LogP contribution in [0.2, 0.25) is 0 Å². The van der Waals surface area contributed by atoms with E-state index in [0.29, 0.717) is 13.2 Å². The Morgan fingerprint density at radius 2 is 1.93 bits per heavy atom. The molecule has 0 spiro atoms. The molecular weight excluding hydrogens is 360 g/mol. The maximum absolute atomic E-state index is 12.3. The highest BCUT2D eigenvalue weighted by atomic mass is 32.1. The summed E-state index contributed by atoms with van der Waals surface area (Å²) in [6, 6.07) is 10.2. The van der Waals surface area contributed by atoms with Crippen molar-refractivity contribution in [3.8, 4) is 0 Å². The zero-order chi connectivity index (χ0) is 18.5. The monoisotopic (exact) mass is 386 g/mol. The summed E-state index contributed by atoms with van der Waals surface area (Å²) in [6.45, 7) is 2.84. The third kappa shape index (κ3) is 4.76. The van der Waals surface area contributed by atoms with Crippen LogP contribution in [-0.2, 0) is 27.4 Å². The molecule has 4 rings (SSSR count). The molecule has 1 aliphatic heterocycles. The molecule has 1 amide bonds. The highest BCUT2D eigenvalue weighted by Crippen LogP contribution is 2.30. The zero-order valence-electron chi connectivity index (χ0n) is 15.4. The number of carbonyl (C=O) groups excluding carboxylic acids is 1. The smallest absolute Gasteiger partial charge is 0.227 e. The normalized spacial score (nSPS) is 18.2. The fraction of sp³-hybridized carbons (Fsp3) is 0.476. The summed E-state index contributed by atoms with van der Waals surface area (Å²) in [5.74, 6) is 0.349. The summed E-state index contributed by atoms with van der Waals surface area (Å²) in [4.78, 5) is 13.6. The van der Waals surface area contributed by atoms with Crippen molar-refractivity contribution < 1.29 is 14.3 Å². The molecule has 0 unspecified atom stereocenters. The maximum Gasteiger partial charge on any atom is 0.227 e. The third-order valence-corrected chi connectivity index (χ3v) is 6.13. The molecule has 1 saturated heterocycles. The lowest BCUT2D eigenvalue weighted by molar-refractivity contribution is -0.119. The number of nitrogens with one attached hydrogen (secondary N) is 2. The van der Waals surface area contributed by atoms with E-state index in [-0.39, 0.29) is 18.1 Å². The molecule has 2 heterocycles. The number of anilines is 1. The minimum atomic E-state index is -0.220. The molecular formula is C21H26N2O3S. The van der Waals surface area contributed by atoms with Crippen LogP contribution >= 0.6 is 11.3 Å². The molecule has 2 aromatic rings. The first kappa shape index (κ1) is 18.6. The molecule has 2 aliphatic rings. The second kappa shape index (κ2) is 8.97. The Morgan fingerprint density at radius 1 is 1.11 bits per heavy atom. The van der Waals surface area contributed by atoms with Crippen LogP contribution in [0.15, 0.2) is 35.7 Å². The van der Waals surface area contributed by atoms with Gasteiger partial charge in [0.2, 0.25) is 5.91 Å². The number of hydrogen-bond acceptors (Lipinski definition) is 5. The predicted molar refractivity (Wildman–Crippen MR) is 107 cm³/mol. The minimum absolute atomic E-state index is 0.164. The molecule has 0 radical (unpaired) electrons. The van der Waals surface area contributed by atoms with Crippen molar-refractivity contribution in [3.63, 3.8) is 0 Å². The third-order valence-electron chi connectivity index (χ3n) is 5.19. The van der Waals surface area contributed by atoms with Gasteiger partial charge in [-0.3, -0.25) is 4.79 Å². The molecule has 1 aromatic heterocycles. The average Bonchev–Trinajstić information content (AvgIpc) is 3.43. The van der Waals surface area contributed by atoms with Crippen molar-refractivity contribution in [2.24, 2.45) is 5.92 Å². The van der Waals surface area contributed by atoms with Crippen molar-refractivity contribution in [1.82, 2.24) is 5.32 Å². The molecule has 0 atom stereocenters. The van der Waals surface area contributed by atoms with Crippen LogP contribution in [0.4, 0.5) is 5.69 Å². The topological polar surface area (TPSA) is 59.6 Å². The Balaban J connectivity index is 1.30. The summed E-state index contributed by atoms with van der Waals surface area (Å²) < 4.78 is 11.2. The molecule has 144 valence electrons. The number of carbonyl (C=O) groups is 1. The minimum Gasteiger partial charge on any atom is -0.346 e. The van der Waals surface area contributed by atoms with E-state index in [2.05, 4.69) is 34.2 Å². The van der Waals surface area contributed by atoms with Gasteiger partial charge in [0.1, 0.15) is 0 Å². The van der Waals surface area contributed by atoms with Crippen LogP contribution in [0, 0.1) is 5.92 Å². The number of ether oxygens (including phenoxy) is 2. The SMILES string of the molecule is O=C(Nc1cccc(CNCc2sccc2C2OCCO2)c1)C1CCCC1. The Bertz CT molecular complexity index is 764. The van der Waals surface area contributed by atoms with Gasteiger partial charge in [0, 0.05) is 35.1 Å². The van der Waals surface area contributed by atoms with Gasteiger partial charge in [0.05, 0.1) is 13.2 Å². The second-order valence-corrected chi connectivity index (χ2v) is 8.15. The lowest BCUT2D eigenvalue weighted by Gasteiger charge is -2.13. The largest absolute Gasteiger partial charge is 0.346 e. The first-order valence-corrected chi connectivity index (χ1v) is 10.6. The Morgan fingerprint density at radius 3 is 2.74 bits per heavy atom. The fourth-order valence-electron chi connectivity index (χ4n) is 3.75. The van der Waals surface area contributed by atoms with Crippen LogP contribution < -0.4 is 10.6 Å². The predicted octanol–water partition coefficient (Wildman–Crippen LogP) is 4.21. The first-order chi connectivity index (χ1) is 13.3. The molecule has 1 aromatic carbocycles. The summed E-state index contributed by atoms with van der Waals surface area (Å²) in [7, 11) is 0. The molecule has 0 bridgehead atoms. The second-order valence-electron chi connectivity index (χ2n) is 7.15. The number of amides is 1. The van der Waals surface area contributed by atoms with Gasteiger partial charge in [-0.05, 0) is 42.0 Å². The molecule has 2 fully saturated rings. The van der Waals surface area contributed by atoms with Crippen LogP contribution in [0.25, 0.3) is 0 Å². The lowest BCUT2D eigenvalue weighted by Crippen LogP contribution is -2.20. The molecule has 27 heavy (non-hydrogen) atoms. The molecule has 1 aliphatic carbocycles. The van der Waals surface area contributed by atoms with Crippen LogP contribution in [0.1, 0.15) is 48.0 Å². The summed E-state index contributed by atoms with van der Waals surface area (Å²) >= 11 is 1.72. The van der Waals surface area contributed by atoms with E-state index in [9.17, 15) is 4.79 Å². The average molecular weight is 387 g/mol. The molecule has 6 heteroatoms. The highest BCUT2D eigenvalue weighted by Gasteiger charge is 2.23. The molecule has 1 saturated carbocycles. The van der Waals surface area contributed by atoms with Crippen molar-refractivity contribution in [3.05, 3.63) is 51.7 Å². The van der Waals surface area contributed by atoms with E-state index in [4.69, 9.17) is 9.47 Å². The molecule has 2 N–H and O–H groups in total. The van der Waals surface area contributed by atoms with E-state index in [1.54, 1.807) is 11.3 Å². The Labute approximate surface area is 164 Å². The quantitative estimate of drug-likeness (QED) is 0.748. The number of benzene rings is 1. The van der Waals surface area contributed by atoms with Crippen molar-refractivity contribution in [2.45, 2.75) is 45.1 Å². The summed E-state index contributed by atoms with van der Waals surface area (Å²) in [5.41, 5.74) is 3.17. The van der Waals surface area contributed by atoms with Gasteiger partial charge in [-0.25, -0.2) is 0 Å². The Kier molecular flexibility index (Phi) is 6.19. The van der Waals surface area contributed by atoms with Crippen molar-refractivity contribution >= 4 is 22.9 Å². The van der Waals surface area contributed by atoms with E-state index >= 15 is 0 Å². The number of hydrogen-bond donors (Lipinski definition) is 2. The number of rotatable bonds is 7. The zero-order valence-corrected chi connectivity index (χ0v) is 16.2. The fourth-order valence-corrected chi connectivity index (χ4v) is 4.62. The van der Waals surface area contributed by atoms with Gasteiger partial charge >= 0.3 is 0 Å². The highest BCUT2D eigenvalue weighted by molar-refractivity contribution is 7.10. The van der Waals surface area contributed by atoms with Gasteiger partial charge in [0.15, 0.2) is 6.29 Å². The van der Waals surface area contributed by atoms with E-state index in [0.717, 1.165) is 42.7 Å². The maximum atomic E-state index is 12.3. The van der Waals surface area contributed by atoms with E-state index < -0.39 is 0 Å². The van der Waals surface area contributed by atoms with E-state index in [1.165, 1.54) is 17.7 Å². The van der Waals surface area contributed by atoms with Gasteiger partial charge in [-0.15, -0.1) is 11.3 Å². The first-order valence-electron chi connectivity index (χ1n) is 9.69. The lowest BCUT2D eigenvalue weighted by atomic mass is 10.1. The Hall–Kier alpha value is -1.73. The summed E-state index contributed by atoms with van der Waals surface area (Å²) in [5, 5.41) is 8.65. The van der Waals surface area contributed by atoms with Crippen LogP contribution in [0.5, 0.6) is 0 Å². The number of thiophene rings is 1.